The van der Waals surface area contributed by atoms with Gasteiger partial charge >= 0.3 is 0 Å². The van der Waals surface area contributed by atoms with Crippen molar-refractivity contribution in [1.82, 2.24) is 14.5 Å². The lowest BCUT2D eigenvalue weighted by molar-refractivity contribution is 0.0787. The van der Waals surface area contributed by atoms with Gasteiger partial charge in [-0.1, -0.05) is 18.2 Å². The molecule has 0 saturated carbocycles. The molecule has 118 valence electrons. The van der Waals surface area contributed by atoms with E-state index in [2.05, 4.69) is 17.1 Å². The molecular weight excluding hydrogens is 286 g/mol. The first-order valence-corrected chi connectivity index (χ1v) is 7.78. The second-order valence-electron chi connectivity index (χ2n) is 5.88. The van der Waals surface area contributed by atoms with Crippen molar-refractivity contribution in [2.45, 2.75) is 13.3 Å². The topological polar surface area (TPSA) is 38.1 Å². The Labute approximate surface area is 136 Å². The van der Waals surface area contributed by atoms with Crippen molar-refractivity contribution in [3.63, 3.8) is 0 Å². The number of carbonyl (C=O) groups excluding carboxylic acids is 1. The molecule has 0 unspecified atom stereocenters. The number of rotatable bonds is 4. The summed E-state index contributed by atoms with van der Waals surface area (Å²) in [4.78, 5) is 18.7. The van der Waals surface area contributed by atoms with Gasteiger partial charge in [0.1, 0.15) is 5.69 Å². The molecule has 1 amide bonds. The number of para-hydroxylation sites is 1. The number of hydrogen-bond donors (Lipinski definition) is 0. The zero-order valence-electron chi connectivity index (χ0n) is 13.8. The second-order valence-corrected chi connectivity index (χ2v) is 5.88. The average Bonchev–Trinajstić information content (AvgIpc) is 2.84. The van der Waals surface area contributed by atoms with Crippen molar-refractivity contribution in [2.24, 2.45) is 7.05 Å². The Bertz CT molecular complexity index is 797. The van der Waals surface area contributed by atoms with Crippen molar-refractivity contribution in [3.05, 3.63) is 65.6 Å². The van der Waals surface area contributed by atoms with Crippen LogP contribution >= 0.6 is 0 Å². The number of aromatic nitrogens is 2. The number of aryl methyl sites for hydroxylation is 2. The van der Waals surface area contributed by atoms with Gasteiger partial charge in [0.25, 0.3) is 5.91 Å². The van der Waals surface area contributed by atoms with Crippen molar-refractivity contribution in [2.75, 3.05) is 13.6 Å². The van der Waals surface area contributed by atoms with Gasteiger partial charge in [-0.15, -0.1) is 0 Å². The van der Waals surface area contributed by atoms with Crippen molar-refractivity contribution < 1.29 is 4.79 Å². The lowest BCUT2D eigenvalue weighted by Gasteiger charge is -2.18. The first-order valence-electron chi connectivity index (χ1n) is 7.78. The quantitative estimate of drug-likeness (QED) is 0.742. The molecule has 4 heteroatoms. The zero-order valence-corrected chi connectivity index (χ0v) is 13.8. The van der Waals surface area contributed by atoms with E-state index in [1.807, 2.05) is 49.9 Å². The fraction of sp³-hybridized carbons (Fsp3) is 0.263. The Morgan fingerprint density at radius 3 is 2.57 bits per heavy atom. The van der Waals surface area contributed by atoms with Crippen LogP contribution in [0.3, 0.4) is 0 Å². The van der Waals surface area contributed by atoms with Crippen LogP contribution < -0.4 is 0 Å². The molecule has 0 N–H and O–H groups in total. The number of carbonyl (C=O) groups is 1. The van der Waals surface area contributed by atoms with Gasteiger partial charge in [0.2, 0.25) is 0 Å². The predicted molar refractivity (Wildman–Crippen MR) is 92.6 cm³/mol. The number of fused-ring (bicyclic) bond motifs is 1. The maximum Gasteiger partial charge on any atom is 0.270 e. The Morgan fingerprint density at radius 1 is 1.17 bits per heavy atom. The molecule has 0 fully saturated rings. The lowest BCUT2D eigenvalue weighted by Crippen LogP contribution is -2.30. The molecule has 3 aromatic rings. The minimum Gasteiger partial charge on any atom is -0.340 e. The molecule has 0 atom stereocenters. The van der Waals surface area contributed by atoms with Crippen molar-refractivity contribution >= 4 is 16.8 Å². The van der Waals surface area contributed by atoms with Gasteiger partial charge in [-0.25, -0.2) is 0 Å². The number of amides is 1. The van der Waals surface area contributed by atoms with E-state index < -0.39 is 0 Å². The Morgan fingerprint density at radius 2 is 1.87 bits per heavy atom. The van der Waals surface area contributed by atoms with E-state index in [0.29, 0.717) is 6.54 Å². The number of hydrogen-bond acceptors (Lipinski definition) is 2. The van der Waals surface area contributed by atoms with Gasteiger partial charge in [-0.05, 0) is 42.7 Å². The maximum atomic E-state index is 12.9. The first-order chi connectivity index (χ1) is 11.1. The van der Waals surface area contributed by atoms with Gasteiger partial charge in [0.05, 0.1) is 0 Å². The summed E-state index contributed by atoms with van der Waals surface area (Å²) in [6, 6.07) is 12.1. The Kier molecular flexibility index (Phi) is 4.15. The molecule has 0 spiro atoms. The van der Waals surface area contributed by atoms with Crippen LogP contribution in [0, 0.1) is 6.92 Å². The van der Waals surface area contributed by atoms with E-state index in [0.717, 1.165) is 28.6 Å². The molecule has 3 rings (SSSR count). The summed E-state index contributed by atoms with van der Waals surface area (Å²) >= 11 is 0. The average molecular weight is 307 g/mol. The highest BCUT2D eigenvalue weighted by atomic mass is 16.2. The van der Waals surface area contributed by atoms with Crippen LogP contribution in [0.25, 0.3) is 10.9 Å². The molecule has 0 bridgehead atoms. The van der Waals surface area contributed by atoms with Crippen molar-refractivity contribution in [1.29, 1.82) is 0 Å². The Balaban J connectivity index is 1.82. The molecule has 1 aromatic carbocycles. The minimum atomic E-state index is 0.0651. The maximum absolute atomic E-state index is 12.9. The molecule has 2 aromatic heterocycles. The van der Waals surface area contributed by atoms with E-state index in [9.17, 15) is 4.79 Å². The number of likely N-dealkylation sites (N-methyl/N-ethyl adjacent to an activating group) is 1. The zero-order chi connectivity index (χ0) is 16.4. The SMILES string of the molecule is Cc1c(C(=O)N(C)CCc2ccncc2)n(C)c2ccccc12. The minimum absolute atomic E-state index is 0.0651. The van der Waals surface area contributed by atoms with Gasteiger partial charge in [0, 0.05) is 43.9 Å². The van der Waals surface area contributed by atoms with Crippen LogP contribution in [0.2, 0.25) is 0 Å². The molecule has 23 heavy (non-hydrogen) atoms. The fourth-order valence-corrected chi connectivity index (χ4v) is 3.02. The van der Waals surface area contributed by atoms with Gasteiger partial charge in [-0.3, -0.25) is 9.78 Å². The molecule has 0 saturated heterocycles. The first kappa shape index (κ1) is 15.3. The lowest BCUT2D eigenvalue weighted by atomic mass is 10.1. The molecule has 0 aliphatic rings. The highest BCUT2D eigenvalue weighted by Gasteiger charge is 2.20. The number of benzene rings is 1. The molecule has 0 aliphatic carbocycles. The van der Waals surface area contributed by atoms with Crippen LogP contribution in [0.1, 0.15) is 21.6 Å². The third-order valence-corrected chi connectivity index (χ3v) is 4.39. The van der Waals surface area contributed by atoms with Crippen LogP contribution in [-0.4, -0.2) is 34.0 Å². The van der Waals surface area contributed by atoms with E-state index in [4.69, 9.17) is 0 Å². The largest absolute Gasteiger partial charge is 0.340 e. The Hall–Kier alpha value is -2.62. The number of pyridine rings is 1. The van der Waals surface area contributed by atoms with Crippen LogP contribution in [0.5, 0.6) is 0 Å². The normalized spacial score (nSPS) is 10.9. The monoisotopic (exact) mass is 307 g/mol. The fourth-order valence-electron chi connectivity index (χ4n) is 3.02. The van der Waals surface area contributed by atoms with Gasteiger partial charge in [-0.2, -0.15) is 0 Å². The van der Waals surface area contributed by atoms with E-state index >= 15 is 0 Å². The molecule has 4 nitrogen and oxygen atoms in total. The molecule has 0 radical (unpaired) electrons. The highest BCUT2D eigenvalue weighted by Crippen LogP contribution is 2.25. The highest BCUT2D eigenvalue weighted by molar-refractivity contribution is 6.01. The second kappa shape index (κ2) is 6.24. The summed E-state index contributed by atoms with van der Waals surface area (Å²) in [5.41, 5.74) is 4.09. The van der Waals surface area contributed by atoms with E-state index in [1.54, 1.807) is 17.3 Å². The van der Waals surface area contributed by atoms with Gasteiger partial charge < -0.3 is 9.47 Å². The standard InChI is InChI=1S/C19H21N3O/c1-14-16-6-4-5-7-17(16)22(3)18(14)19(23)21(2)13-10-15-8-11-20-12-9-15/h4-9,11-12H,10,13H2,1-3H3. The molecule has 0 aliphatic heterocycles. The summed E-state index contributed by atoms with van der Waals surface area (Å²) in [5, 5.41) is 1.14. The predicted octanol–water partition coefficient (Wildman–Crippen LogP) is 3.20. The van der Waals surface area contributed by atoms with Crippen LogP contribution in [0.15, 0.2) is 48.8 Å². The van der Waals surface area contributed by atoms with Crippen LogP contribution in [0.4, 0.5) is 0 Å². The summed E-state index contributed by atoms with van der Waals surface area (Å²) in [5.74, 6) is 0.0651. The third-order valence-electron chi connectivity index (χ3n) is 4.39. The van der Waals surface area contributed by atoms with Gasteiger partial charge in [0.15, 0.2) is 0 Å². The van der Waals surface area contributed by atoms with E-state index in [-0.39, 0.29) is 5.91 Å². The third kappa shape index (κ3) is 2.84. The van der Waals surface area contributed by atoms with E-state index in [1.165, 1.54) is 5.56 Å². The number of nitrogens with zero attached hydrogens (tertiary/aromatic N) is 3. The van der Waals surface area contributed by atoms with Crippen molar-refractivity contribution in [3.8, 4) is 0 Å². The smallest absolute Gasteiger partial charge is 0.270 e. The summed E-state index contributed by atoms with van der Waals surface area (Å²) in [6.07, 6.45) is 4.39. The summed E-state index contributed by atoms with van der Waals surface area (Å²) in [7, 11) is 3.82. The molecular formula is C19H21N3O. The van der Waals surface area contributed by atoms with Crippen LogP contribution in [-0.2, 0) is 13.5 Å². The summed E-state index contributed by atoms with van der Waals surface area (Å²) in [6.45, 7) is 2.70. The summed E-state index contributed by atoms with van der Waals surface area (Å²) < 4.78 is 2.00. The molecule has 2 heterocycles.